The largest absolute Gasteiger partial charge is 0.353 e. The molecule has 4 nitrogen and oxygen atoms in total. The number of thioether (sulfide) groups is 1. The molecule has 1 aliphatic heterocycles. The van der Waals surface area contributed by atoms with Crippen LogP contribution < -0.4 is 10.2 Å². The lowest BCUT2D eigenvalue weighted by molar-refractivity contribution is -0.119. The quantitative estimate of drug-likeness (QED) is 0.657. The van der Waals surface area contributed by atoms with Gasteiger partial charge in [0.1, 0.15) is 0 Å². The third-order valence-corrected chi connectivity index (χ3v) is 8.51. The zero-order valence-corrected chi connectivity index (χ0v) is 18.9. The van der Waals surface area contributed by atoms with Crippen LogP contribution in [0.25, 0.3) is 0 Å². The van der Waals surface area contributed by atoms with Gasteiger partial charge in [-0.3, -0.25) is 9.59 Å². The number of carbonyl (C=O) groups excluding carboxylic acids is 2. The van der Waals surface area contributed by atoms with Crippen molar-refractivity contribution in [1.29, 1.82) is 0 Å². The zero-order chi connectivity index (χ0) is 21.4. The van der Waals surface area contributed by atoms with E-state index in [1.54, 1.807) is 0 Å². The Bertz CT molecular complexity index is 991. The van der Waals surface area contributed by atoms with Gasteiger partial charge in [0.2, 0.25) is 5.91 Å². The maximum absolute atomic E-state index is 13.3. The Balaban J connectivity index is 1.22. The number of hydrogen-bond acceptors (Lipinski definition) is 3. The molecule has 31 heavy (non-hydrogen) atoms. The van der Waals surface area contributed by atoms with Gasteiger partial charge in [0.05, 0.1) is 11.3 Å². The minimum Gasteiger partial charge on any atom is -0.353 e. The summed E-state index contributed by atoms with van der Waals surface area (Å²) in [5.41, 5.74) is 2.90. The number of para-hydroxylation sites is 1. The number of carbonyl (C=O) groups is 2. The van der Waals surface area contributed by atoms with Crippen LogP contribution in [0, 0.1) is 17.8 Å². The molecule has 1 heterocycles. The van der Waals surface area contributed by atoms with Crippen molar-refractivity contribution in [1.82, 2.24) is 5.32 Å². The summed E-state index contributed by atoms with van der Waals surface area (Å²) in [6, 6.07) is 16.0. The van der Waals surface area contributed by atoms with Crippen LogP contribution in [0.15, 0.2) is 53.4 Å². The summed E-state index contributed by atoms with van der Waals surface area (Å²) in [7, 11) is 0. The van der Waals surface area contributed by atoms with E-state index in [2.05, 4.69) is 18.3 Å². The van der Waals surface area contributed by atoms with Gasteiger partial charge in [-0.2, -0.15) is 0 Å². The van der Waals surface area contributed by atoms with Gasteiger partial charge in [-0.1, -0.05) is 36.8 Å². The molecule has 162 valence electrons. The molecule has 5 heteroatoms. The lowest BCUT2D eigenvalue weighted by Gasteiger charge is -2.28. The smallest absolute Gasteiger partial charge is 0.259 e. The maximum atomic E-state index is 13.3. The Morgan fingerprint density at radius 2 is 1.90 bits per heavy atom. The van der Waals surface area contributed by atoms with Gasteiger partial charge in [0.25, 0.3) is 5.91 Å². The number of nitrogens with one attached hydrogen (secondary N) is 1. The fourth-order valence-corrected chi connectivity index (χ4v) is 6.77. The van der Waals surface area contributed by atoms with Gasteiger partial charge < -0.3 is 10.2 Å². The number of amides is 2. The second kappa shape index (κ2) is 8.70. The molecule has 2 fully saturated rings. The van der Waals surface area contributed by atoms with E-state index in [9.17, 15) is 9.59 Å². The standard InChI is InChI=1S/C26H30N2O2S/c1-17(22-15-18-10-11-20(22)14-18)27-25(29)16-31-24-9-5-3-7-21(24)26(30)28-13-12-19-6-2-4-8-23(19)28/h2-9,17-18,20,22H,10-16H2,1H3,(H,27,29)/t17-,18-,20-,22+/m0/s1. The molecule has 2 bridgehead atoms. The summed E-state index contributed by atoms with van der Waals surface area (Å²) in [5.74, 6) is 2.74. The molecule has 4 atom stereocenters. The second-order valence-corrected chi connectivity index (χ2v) is 10.3. The molecule has 2 amide bonds. The number of hydrogen-bond donors (Lipinski definition) is 1. The van der Waals surface area contributed by atoms with Crippen molar-refractivity contribution >= 4 is 29.3 Å². The summed E-state index contributed by atoms with van der Waals surface area (Å²) in [4.78, 5) is 28.7. The Morgan fingerprint density at radius 3 is 2.71 bits per heavy atom. The van der Waals surface area contributed by atoms with Crippen molar-refractivity contribution in [3.8, 4) is 0 Å². The van der Waals surface area contributed by atoms with Crippen LogP contribution in [-0.4, -0.2) is 30.2 Å². The molecule has 2 aliphatic carbocycles. The molecule has 2 saturated carbocycles. The van der Waals surface area contributed by atoms with E-state index in [0.29, 0.717) is 23.8 Å². The van der Waals surface area contributed by atoms with E-state index in [0.717, 1.165) is 28.8 Å². The number of rotatable bonds is 6. The van der Waals surface area contributed by atoms with Gasteiger partial charge in [0, 0.05) is 23.2 Å². The Morgan fingerprint density at radius 1 is 1.10 bits per heavy atom. The molecule has 0 aromatic heterocycles. The highest BCUT2D eigenvalue weighted by Crippen LogP contribution is 2.49. The van der Waals surface area contributed by atoms with Crippen molar-refractivity contribution in [3.05, 3.63) is 59.7 Å². The van der Waals surface area contributed by atoms with Crippen molar-refractivity contribution in [3.63, 3.8) is 0 Å². The van der Waals surface area contributed by atoms with E-state index in [4.69, 9.17) is 0 Å². The molecular weight excluding hydrogens is 404 g/mol. The number of anilines is 1. The van der Waals surface area contributed by atoms with Crippen LogP contribution in [0.3, 0.4) is 0 Å². The highest BCUT2D eigenvalue weighted by molar-refractivity contribution is 8.00. The van der Waals surface area contributed by atoms with E-state index < -0.39 is 0 Å². The Hall–Kier alpha value is -2.27. The summed E-state index contributed by atoms with van der Waals surface area (Å²) in [6.45, 7) is 2.87. The maximum Gasteiger partial charge on any atom is 0.259 e. The molecule has 0 unspecified atom stereocenters. The summed E-state index contributed by atoms with van der Waals surface area (Å²) in [6.07, 6.45) is 6.23. The van der Waals surface area contributed by atoms with Crippen LogP contribution in [-0.2, 0) is 11.2 Å². The highest BCUT2D eigenvalue weighted by Gasteiger charge is 2.42. The van der Waals surface area contributed by atoms with Gasteiger partial charge >= 0.3 is 0 Å². The normalized spacial score (nSPS) is 24.8. The minimum absolute atomic E-state index is 0.0174. The molecule has 1 N–H and O–H groups in total. The number of fused-ring (bicyclic) bond motifs is 3. The van der Waals surface area contributed by atoms with Crippen LogP contribution in [0.1, 0.15) is 48.5 Å². The molecule has 5 rings (SSSR count). The van der Waals surface area contributed by atoms with Gasteiger partial charge in [-0.25, -0.2) is 0 Å². The minimum atomic E-state index is 0.0174. The summed E-state index contributed by atoms with van der Waals surface area (Å²) >= 11 is 1.46. The molecule has 0 radical (unpaired) electrons. The van der Waals surface area contributed by atoms with Crippen LogP contribution in [0.4, 0.5) is 5.69 Å². The van der Waals surface area contributed by atoms with E-state index >= 15 is 0 Å². The molecule has 2 aromatic rings. The van der Waals surface area contributed by atoms with Crippen molar-refractivity contribution < 1.29 is 9.59 Å². The Kier molecular flexibility index (Phi) is 5.79. The third-order valence-electron chi connectivity index (χ3n) is 7.43. The second-order valence-electron chi connectivity index (χ2n) is 9.32. The monoisotopic (exact) mass is 434 g/mol. The summed E-state index contributed by atoms with van der Waals surface area (Å²) in [5, 5.41) is 3.24. The third kappa shape index (κ3) is 4.12. The molecule has 2 aromatic carbocycles. The highest BCUT2D eigenvalue weighted by atomic mass is 32.2. The fraction of sp³-hybridized carbons (Fsp3) is 0.462. The average molecular weight is 435 g/mol. The van der Waals surface area contributed by atoms with Gasteiger partial charge in [-0.15, -0.1) is 11.8 Å². The molecule has 0 spiro atoms. The average Bonchev–Trinajstić information content (AvgIpc) is 3.53. The van der Waals surface area contributed by atoms with Crippen molar-refractivity contribution in [2.45, 2.75) is 50.0 Å². The van der Waals surface area contributed by atoms with E-state index in [-0.39, 0.29) is 17.9 Å². The predicted molar refractivity (Wildman–Crippen MR) is 126 cm³/mol. The van der Waals surface area contributed by atoms with Crippen LogP contribution in [0.5, 0.6) is 0 Å². The first kappa shape index (κ1) is 20.6. The topological polar surface area (TPSA) is 49.4 Å². The first-order valence-electron chi connectivity index (χ1n) is 11.5. The van der Waals surface area contributed by atoms with Gasteiger partial charge in [-0.05, 0) is 74.1 Å². The van der Waals surface area contributed by atoms with Crippen molar-refractivity contribution in [2.24, 2.45) is 17.8 Å². The lowest BCUT2D eigenvalue weighted by atomic mass is 9.84. The summed E-state index contributed by atoms with van der Waals surface area (Å²) < 4.78 is 0. The molecule has 0 saturated heterocycles. The molecular formula is C26H30N2O2S. The predicted octanol–water partition coefficient (Wildman–Crippen LogP) is 4.92. The lowest BCUT2D eigenvalue weighted by Crippen LogP contribution is -2.40. The van der Waals surface area contributed by atoms with Crippen LogP contribution >= 0.6 is 11.8 Å². The van der Waals surface area contributed by atoms with E-state index in [1.165, 1.54) is 43.0 Å². The first-order chi connectivity index (χ1) is 15.1. The first-order valence-corrected chi connectivity index (χ1v) is 12.5. The number of benzene rings is 2. The van der Waals surface area contributed by atoms with Crippen LogP contribution in [0.2, 0.25) is 0 Å². The zero-order valence-electron chi connectivity index (χ0n) is 18.0. The Labute approximate surface area is 188 Å². The molecule has 3 aliphatic rings. The van der Waals surface area contributed by atoms with E-state index in [1.807, 2.05) is 47.4 Å². The van der Waals surface area contributed by atoms with Crippen molar-refractivity contribution in [2.75, 3.05) is 17.2 Å². The number of nitrogens with zero attached hydrogens (tertiary/aromatic N) is 1. The fourth-order valence-electron chi connectivity index (χ4n) is 5.92. The SMILES string of the molecule is C[C@H](NC(=O)CSc1ccccc1C(=O)N1CCc2ccccc21)[C@H]1C[C@H]2CC[C@H]1C2. The van der Waals surface area contributed by atoms with Gasteiger partial charge in [0.15, 0.2) is 0 Å².